The number of hydrogen-bond acceptors (Lipinski definition) is 2. The van der Waals surface area contributed by atoms with Crippen LogP contribution in [0.15, 0.2) is 18.2 Å². The van der Waals surface area contributed by atoms with Crippen LogP contribution in [0.25, 0.3) is 0 Å². The van der Waals surface area contributed by atoms with E-state index < -0.39 is 0 Å². The molecule has 0 fully saturated rings. The van der Waals surface area contributed by atoms with Crippen LogP contribution < -0.4 is 0 Å². The summed E-state index contributed by atoms with van der Waals surface area (Å²) in [7, 11) is 0. The van der Waals surface area contributed by atoms with Crippen molar-refractivity contribution in [2.75, 3.05) is 11.0 Å². The number of benzene rings is 1. The summed E-state index contributed by atoms with van der Waals surface area (Å²) in [6, 6.07) is 5.61. The Morgan fingerprint density at radius 3 is 2.64 bits per heavy atom. The summed E-state index contributed by atoms with van der Waals surface area (Å²) in [6.45, 7) is 4.49. The zero-order valence-electron chi connectivity index (χ0n) is 8.34. The van der Waals surface area contributed by atoms with Crippen LogP contribution in [0.4, 0.5) is 0 Å². The predicted octanol–water partition coefficient (Wildman–Crippen LogP) is 2.90. The highest BCUT2D eigenvalue weighted by Gasteiger charge is 2.06. The van der Waals surface area contributed by atoms with Crippen molar-refractivity contribution in [1.29, 1.82) is 0 Å². The molecule has 0 radical (unpaired) electrons. The highest BCUT2D eigenvalue weighted by Crippen LogP contribution is 2.10. The van der Waals surface area contributed by atoms with E-state index in [1.807, 2.05) is 26.0 Å². The number of ether oxygens (including phenoxy) is 1. The van der Waals surface area contributed by atoms with Crippen molar-refractivity contribution >= 4 is 28.6 Å². The van der Waals surface area contributed by atoms with Gasteiger partial charge in [0.25, 0.3) is 0 Å². The molecule has 3 heteroatoms. The second kappa shape index (κ2) is 5.34. The molecule has 0 N–H and O–H groups in total. The van der Waals surface area contributed by atoms with Crippen LogP contribution in [0.3, 0.4) is 0 Å². The quantitative estimate of drug-likeness (QED) is 0.487. The molecule has 0 heterocycles. The van der Waals surface area contributed by atoms with Gasteiger partial charge in [-0.25, -0.2) is 4.79 Å². The van der Waals surface area contributed by atoms with Crippen molar-refractivity contribution in [1.82, 2.24) is 0 Å². The Bertz CT molecular complexity index is 334. The Morgan fingerprint density at radius 1 is 1.36 bits per heavy atom. The molecule has 1 aromatic rings. The largest absolute Gasteiger partial charge is 0.461 e. The molecular formula is C11H13IO2. The standard InChI is InChI=1S/C11H13IO2/c1-8-3-4-10(7-9(8)2)11(13)14-6-5-12/h3-4,7H,5-6H2,1-2H3. The summed E-state index contributed by atoms with van der Waals surface area (Å²) in [5.74, 6) is -0.232. The van der Waals surface area contributed by atoms with Gasteiger partial charge in [-0.3, -0.25) is 0 Å². The van der Waals surface area contributed by atoms with Gasteiger partial charge in [0.2, 0.25) is 0 Å². The van der Waals surface area contributed by atoms with Crippen molar-refractivity contribution < 1.29 is 9.53 Å². The van der Waals surface area contributed by atoms with Gasteiger partial charge in [0.05, 0.1) is 5.56 Å². The van der Waals surface area contributed by atoms with E-state index in [9.17, 15) is 4.79 Å². The number of carbonyl (C=O) groups is 1. The van der Waals surface area contributed by atoms with Crippen LogP contribution in [0, 0.1) is 13.8 Å². The Hall–Kier alpha value is -0.580. The first-order valence-electron chi connectivity index (χ1n) is 4.45. The SMILES string of the molecule is Cc1ccc(C(=O)OCCI)cc1C. The maximum absolute atomic E-state index is 11.4. The number of esters is 1. The summed E-state index contributed by atoms with van der Waals surface area (Å²) >= 11 is 2.17. The molecule has 0 bridgehead atoms. The highest BCUT2D eigenvalue weighted by molar-refractivity contribution is 14.1. The zero-order valence-corrected chi connectivity index (χ0v) is 10.5. The molecule has 0 saturated carbocycles. The Morgan fingerprint density at radius 2 is 2.07 bits per heavy atom. The lowest BCUT2D eigenvalue weighted by atomic mass is 10.1. The minimum absolute atomic E-state index is 0.232. The molecule has 0 unspecified atom stereocenters. The molecule has 1 aromatic carbocycles. The lowest BCUT2D eigenvalue weighted by Crippen LogP contribution is -2.07. The molecule has 0 aliphatic heterocycles. The molecule has 1 rings (SSSR count). The number of carbonyl (C=O) groups excluding carboxylic acids is 1. The van der Waals surface area contributed by atoms with Crippen LogP contribution in [0.2, 0.25) is 0 Å². The first kappa shape index (κ1) is 11.5. The molecule has 14 heavy (non-hydrogen) atoms. The molecule has 76 valence electrons. The van der Waals surface area contributed by atoms with Gasteiger partial charge in [-0.15, -0.1) is 0 Å². The van der Waals surface area contributed by atoms with E-state index in [0.717, 1.165) is 9.99 Å². The van der Waals surface area contributed by atoms with Gasteiger partial charge in [-0.2, -0.15) is 0 Å². The summed E-state index contributed by atoms with van der Waals surface area (Å²) in [5.41, 5.74) is 2.95. The first-order chi connectivity index (χ1) is 6.65. The summed E-state index contributed by atoms with van der Waals surface area (Å²) in [6.07, 6.45) is 0. The van der Waals surface area contributed by atoms with Gasteiger partial charge in [0.15, 0.2) is 0 Å². The van der Waals surface area contributed by atoms with Crippen LogP contribution in [-0.4, -0.2) is 17.0 Å². The molecule has 0 saturated heterocycles. The normalized spacial score (nSPS) is 9.93. The lowest BCUT2D eigenvalue weighted by Gasteiger charge is -2.05. The Kier molecular flexibility index (Phi) is 4.38. The number of alkyl halides is 1. The van der Waals surface area contributed by atoms with Gasteiger partial charge in [0, 0.05) is 4.43 Å². The smallest absolute Gasteiger partial charge is 0.338 e. The highest BCUT2D eigenvalue weighted by atomic mass is 127. The predicted molar refractivity (Wildman–Crippen MR) is 65.1 cm³/mol. The number of hydrogen-bond donors (Lipinski definition) is 0. The van der Waals surface area contributed by atoms with Gasteiger partial charge < -0.3 is 4.74 Å². The lowest BCUT2D eigenvalue weighted by molar-refractivity contribution is 0.0532. The van der Waals surface area contributed by atoms with Crippen LogP contribution in [0.5, 0.6) is 0 Å². The van der Waals surface area contributed by atoms with E-state index in [0.29, 0.717) is 12.2 Å². The van der Waals surface area contributed by atoms with E-state index in [1.54, 1.807) is 6.07 Å². The summed E-state index contributed by atoms with van der Waals surface area (Å²) in [4.78, 5) is 11.4. The molecule has 0 spiro atoms. The maximum Gasteiger partial charge on any atom is 0.338 e. The van der Waals surface area contributed by atoms with Gasteiger partial charge in [0.1, 0.15) is 6.61 Å². The van der Waals surface area contributed by atoms with Gasteiger partial charge in [-0.1, -0.05) is 28.7 Å². The second-order valence-electron chi connectivity index (χ2n) is 3.12. The molecule has 0 atom stereocenters. The fraction of sp³-hybridized carbons (Fsp3) is 0.364. The molecule has 2 nitrogen and oxygen atoms in total. The van der Waals surface area contributed by atoms with Crippen molar-refractivity contribution in [3.8, 4) is 0 Å². The average Bonchev–Trinajstić information content (AvgIpc) is 2.18. The van der Waals surface area contributed by atoms with Crippen molar-refractivity contribution in [3.63, 3.8) is 0 Å². The molecule has 0 aliphatic carbocycles. The Labute approximate surface area is 97.8 Å². The molecule has 0 aliphatic rings. The first-order valence-corrected chi connectivity index (χ1v) is 5.98. The van der Waals surface area contributed by atoms with E-state index in [1.165, 1.54) is 5.56 Å². The van der Waals surface area contributed by atoms with E-state index in [4.69, 9.17) is 4.74 Å². The van der Waals surface area contributed by atoms with Crippen molar-refractivity contribution in [2.24, 2.45) is 0 Å². The van der Waals surface area contributed by atoms with Crippen molar-refractivity contribution in [2.45, 2.75) is 13.8 Å². The summed E-state index contributed by atoms with van der Waals surface area (Å²) in [5, 5.41) is 0. The fourth-order valence-corrected chi connectivity index (χ4v) is 1.30. The number of halogens is 1. The minimum atomic E-state index is -0.232. The fourth-order valence-electron chi connectivity index (χ4n) is 1.08. The van der Waals surface area contributed by atoms with E-state index in [2.05, 4.69) is 22.6 Å². The zero-order chi connectivity index (χ0) is 10.6. The van der Waals surface area contributed by atoms with E-state index in [-0.39, 0.29) is 5.97 Å². The monoisotopic (exact) mass is 304 g/mol. The minimum Gasteiger partial charge on any atom is -0.461 e. The summed E-state index contributed by atoms with van der Waals surface area (Å²) < 4.78 is 5.85. The van der Waals surface area contributed by atoms with Gasteiger partial charge >= 0.3 is 5.97 Å². The third-order valence-electron chi connectivity index (χ3n) is 2.05. The van der Waals surface area contributed by atoms with Crippen LogP contribution >= 0.6 is 22.6 Å². The van der Waals surface area contributed by atoms with E-state index >= 15 is 0 Å². The average molecular weight is 304 g/mol. The third-order valence-corrected chi connectivity index (χ3v) is 2.49. The number of rotatable bonds is 3. The molecule has 0 aromatic heterocycles. The van der Waals surface area contributed by atoms with Crippen molar-refractivity contribution in [3.05, 3.63) is 34.9 Å². The number of aryl methyl sites for hydroxylation is 2. The topological polar surface area (TPSA) is 26.3 Å². The molecular weight excluding hydrogens is 291 g/mol. The maximum atomic E-state index is 11.4. The third kappa shape index (κ3) is 2.97. The Balaban J connectivity index is 2.76. The molecule has 0 amide bonds. The second-order valence-corrected chi connectivity index (χ2v) is 4.20. The van der Waals surface area contributed by atoms with Crippen LogP contribution in [-0.2, 0) is 4.74 Å². The van der Waals surface area contributed by atoms with Gasteiger partial charge in [-0.05, 0) is 37.1 Å². The van der Waals surface area contributed by atoms with Crippen LogP contribution in [0.1, 0.15) is 21.5 Å².